The standard InChI is InChI=1S/C9H14O5/c1-3-6(10)4-7(9(13)14)5(2)8(11)12/h5,7H,3-4H2,1-2H3,(H,11,12)(H,13,14). The second-order valence-corrected chi connectivity index (χ2v) is 3.17. The van der Waals surface area contributed by atoms with Crippen molar-refractivity contribution >= 4 is 17.7 Å². The van der Waals surface area contributed by atoms with Crippen LogP contribution in [-0.4, -0.2) is 27.9 Å². The average Bonchev–Trinajstić information content (AvgIpc) is 2.11. The van der Waals surface area contributed by atoms with Gasteiger partial charge in [0, 0.05) is 12.8 Å². The Kier molecular flexibility index (Phi) is 4.83. The van der Waals surface area contributed by atoms with E-state index in [1.54, 1.807) is 6.92 Å². The molecular formula is C9H14O5. The van der Waals surface area contributed by atoms with Crippen LogP contribution < -0.4 is 0 Å². The van der Waals surface area contributed by atoms with Crippen molar-refractivity contribution in [3.63, 3.8) is 0 Å². The topological polar surface area (TPSA) is 91.7 Å². The number of carbonyl (C=O) groups excluding carboxylic acids is 1. The van der Waals surface area contributed by atoms with E-state index in [-0.39, 0.29) is 18.6 Å². The summed E-state index contributed by atoms with van der Waals surface area (Å²) >= 11 is 0. The Bertz CT molecular complexity index is 246. The van der Waals surface area contributed by atoms with Gasteiger partial charge in [-0.3, -0.25) is 14.4 Å². The molecule has 0 saturated carbocycles. The first-order valence-electron chi connectivity index (χ1n) is 4.37. The number of carbonyl (C=O) groups is 3. The molecule has 14 heavy (non-hydrogen) atoms. The Morgan fingerprint density at radius 3 is 1.93 bits per heavy atom. The third-order valence-electron chi connectivity index (χ3n) is 2.15. The van der Waals surface area contributed by atoms with Crippen LogP contribution in [0, 0.1) is 11.8 Å². The normalized spacial score (nSPS) is 14.4. The zero-order chi connectivity index (χ0) is 11.3. The molecule has 0 rings (SSSR count). The Labute approximate surface area is 81.7 Å². The highest BCUT2D eigenvalue weighted by Gasteiger charge is 2.31. The van der Waals surface area contributed by atoms with Crippen LogP contribution in [0.5, 0.6) is 0 Å². The van der Waals surface area contributed by atoms with E-state index in [9.17, 15) is 14.4 Å². The molecule has 0 aromatic rings. The SMILES string of the molecule is CCC(=O)CC(C(=O)O)C(C)C(=O)O. The van der Waals surface area contributed by atoms with E-state index in [1.807, 2.05) is 0 Å². The van der Waals surface area contributed by atoms with Crippen LogP contribution in [-0.2, 0) is 14.4 Å². The molecule has 0 aliphatic heterocycles. The molecule has 0 spiro atoms. The maximum absolute atomic E-state index is 11.0. The van der Waals surface area contributed by atoms with Crippen molar-refractivity contribution < 1.29 is 24.6 Å². The fraction of sp³-hybridized carbons (Fsp3) is 0.667. The van der Waals surface area contributed by atoms with Crippen LogP contribution in [0.3, 0.4) is 0 Å². The van der Waals surface area contributed by atoms with Gasteiger partial charge in [-0.15, -0.1) is 0 Å². The van der Waals surface area contributed by atoms with Gasteiger partial charge in [0.2, 0.25) is 0 Å². The largest absolute Gasteiger partial charge is 0.481 e. The van der Waals surface area contributed by atoms with Gasteiger partial charge in [0.25, 0.3) is 0 Å². The molecule has 80 valence electrons. The van der Waals surface area contributed by atoms with Gasteiger partial charge in [-0.1, -0.05) is 13.8 Å². The second kappa shape index (κ2) is 5.36. The molecule has 0 aromatic heterocycles. The van der Waals surface area contributed by atoms with Crippen molar-refractivity contribution in [1.29, 1.82) is 0 Å². The van der Waals surface area contributed by atoms with E-state index < -0.39 is 23.8 Å². The molecule has 0 bridgehead atoms. The average molecular weight is 202 g/mol. The van der Waals surface area contributed by atoms with Crippen molar-refractivity contribution in [3.05, 3.63) is 0 Å². The van der Waals surface area contributed by atoms with Crippen LogP contribution in [0.1, 0.15) is 26.7 Å². The Morgan fingerprint density at radius 2 is 1.64 bits per heavy atom. The zero-order valence-corrected chi connectivity index (χ0v) is 8.19. The minimum atomic E-state index is -1.23. The summed E-state index contributed by atoms with van der Waals surface area (Å²) in [7, 11) is 0. The molecule has 5 nitrogen and oxygen atoms in total. The first-order valence-corrected chi connectivity index (χ1v) is 4.37. The Morgan fingerprint density at radius 1 is 1.14 bits per heavy atom. The van der Waals surface area contributed by atoms with Crippen LogP contribution in [0.4, 0.5) is 0 Å². The molecule has 0 saturated heterocycles. The number of hydrogen-bond acceptors (Lipinski definition) is 3. The van der Waals surface area contributed by atoms with Gasteiger partial charge in [0.05, 0.1) is 11.8 Å². The van der Waals surface area contributed by atoms with Crippen molar-refractivity contribution in [1.82, 2.24) is 0 Å². The quantitative estimate of drug-likeness (QED) is 0.664. The van der Waals surface area contributed by atoms with Gasteiger partial charge in [-0.05, 0) is 0 Å². The second-order valence-electron chi connectivity index (χ2n) is 3.17. The van der Waals surface area contributed by atoms with Crippen molar-refractivity contribution in [2.24, 2.45) is 11.8 Å². The van der Waals surface area contributed by atoms with E-state index in [2.05, 4.69) is 0 Å². The molecule has 0 fully saturated rings. The maximum Gasteiger partial charge on any atom is 0.307 e. The minimum Gasteiger partial charge on any atom is -0.481 e. The van der Waals surface area contributed by atoms with Gasteiger partial charge in [-0.2, -0.15) is 0 Å². The maximum atomic E-state index is 11.0. The Balaban J connectivity index is 4.52. The molecule has 0 aliphatic carbocycles. The smallest absolute Gasteiger partial charge is 0.307 e. The lowest BCUT2D eigenvalue weighted by molar-refractivity contribution is -0.154. The summed E-state index contributed by atoms with van der Waals surface area (Å²) in [6.45, 7) is 2.91. The molecule has 0 radical (unpaired) electrons. The van der Waals surface area contributed by atoms with Crippen LogP contribution in [0.15, 0.2) is 0 Å². The number of ketones is 1. The molecule has 2 unspecified atom stereocenters. The number of rotatable bonds is 6. The first kappa shape index (κ1) is 12.6. The summed E-state index contributed by atoms with van der Waals surface area (Å²) in [5.41, 5.74) is 0. The van der Waals surface area contributed by atoms with Crippen LogP contribution >= 0.6 is 0 Å². The first-order chi connectivity index (χ1) is 6.40. The summed E-state index contributed by atoms with van der Waals surface area (Å²) in [5, 5.41) is 17.3. The van der Waals surface area contributed by atoms with E-state index in [4.69, 9.17) is 10.2 Å². The monoisotopic (exact) mass is 202 g/mol. The molecular weight excluding hydrogens is 188 g/mol. The summed E-state index contributed by atoms with van der Waals surface area (Å²) in [6.07, 6.45) is 0.0232. The molecule has 0 aliphatic rings. The highest BCUT2D eigenvalue weighted by molar-refractivity contribution is 5.86. The van der Waals surface area contributed by atoms with Gasteiger partial charge < -0.3 is 10.2 Å². The summed E-state index contributed by atoms with van der Waals surface area (Å²) in [4.78, 5) is 32.2. The van der Waals surface area contributed by atoms with E-state index in [1.165, 1.54) is 6.92 Å². The summed E-state index contributed by atoms with van der Waals surface area (Å²) < 4.78 is 0. The Hall–Kier alpha value is -1.39. The number of Topliss-reactive ketones (excluding diaryl/α,β-unsaturated/α-hetero) is 1. The fourth-order valence-electron chi connectivity index (χ4n) is 1.04. The van der Waals surface area contributed by atoms with Crippen molar-refractivity contribution in [2.45, 2.75) is 26.7 Å². The van der Waals surface area contributed by atoms with Crippen LogP contribution in [0.2, 0.25) is 0 Å². The summed E-state index contributed by atoms with van der Waals surface area (Å²) in [5.74, 6) is -4.82. The lowest BCUT2D eigenvalue weighted by Crippen LogP contribution is -2.29. The highest BCUT2D eigenvalue weighted by Crippen LogP contribution is 2.17. The molecule has 5 heteroatoms. The predicted octanol–water partition coefficient (Wildman–Crippen LogP) is 0.777. The minimum absolute atomic E-state index is 0.209. The number of carboxylic acid groups (broad SMARTS) is 2. The van der Waals surface area contributed by atoms with E-state index >= 15 is 0 Å². The number of aliphatic carboxylic acids is 2. The zero-order valence-electron chi connectivity index (χ0n) is 8.19. The van der Waals surface area contributed by atoms with Gasteiger partial charge >= 0.3 is 11.9 Å². The summed E-state index contributed by atoms with van der Waals surface area (Å²) in [6, 6.07) is 0. The molecule has 2 N–H and O–H groups in total. The van der Waals surface area contributed by atoms with Crippen molar-refractivity contribution in [3.8, 4) is 0 Å². The molecule has 2 atom stereocenters. The van der Waals surface area contributed by atoms with Gasteiger partial charge in [-0.25, -0.2) is 0 Å². The molecule has 0 aromatic carbocycles. The van der Waals surface area contributed by atoms with Gasteiger partial charge in [0.15, 0.2) is 0 Å². The lowest BCUT2D eigenvalue weighted by Gasteiger charge is -2.14. The number of carboxylic acids is 2. The number of hydrogen-bond donors (Lipinski definition) is 2. The molecule has 0 heterocycles. The van der Waals surface area contributed by atoms with E-state index in [0.717, 1.165) is 0 Å². The van der Waals surface area contributed by atoms with Crippen molar-refractivity contribution in [2.75, 3.05) is 0 Å². The van der Waals surface area contributed by atoms with E-state index in [0.29, 0.717) is 0 Å². The van der Waals surface area contributed by atoms with Crippen LogP contribution in [0.25, 0.3) is 0 Å². The third kappa shape index (κ3) is 3.55. The third-order valence-corrected chi connectivity index (χ3v) is 2.15. The highest BCUT2D eigenvalue weighted by atomic mass is 16.4. The fourth-order valence-corrected chi connectivity index (χ4v) is 1.04. The lowest BCUT2D eigenvalue weighted by atomic mass is 9.89. The predicted molar refractivity (Wildman–Crippen MR) is 47.8 cm³/mol. The van der Waals surface area contributed by atoms with Gasteiger partial charge in [0.1, 0.15) is 5.78 Å². The molecule has 0 amide bonds.